The zero-order valence-electron chi connectivity index (χ0n) is 11.8. The third-order valence-corrected chi connectivity index (χ3v) is 4.18. The van der Waals surface area contributed by atoms with E-state index in [1.165, 1.54) is 25.7 Å². The van der Waals surface area contributed by atoms with Crippen LogP contribution in [0.3, 0.4) is 0 Å². The van der Waals surface area contributed by atoms with Gasteiger partial charge in [-0.3, -0.25) is 4.79 Å². The van der Waals surface area contributed by atoms with Crippen molar-refractivity contribution in [1.29, 1.82) is 0 Å². The second-order valence-corrected chi connectivity index (χ2v) is 5.78. The molecule has 108 valence electrons. The van der Waals surface area contributed by atoms with Crippen LogP contribution in [0.5, 0.6) is 5.75 Å². The largest absolute Gasteiger partial charge is 0.482 e. The molecule has 1 aromatic rings. The molecule has 5 nitrogen and oxygen atoms in total. The number of hydrogen-bond donors (Lipinski definition) is 2. The van der Waals surface area contributed by atoms with Gasteiger partial charge in [0.1, 0.15) is 5.75 Å². The van der Waals surface area contributed by atoms with Crippen molar-refractivity contribution in [3.63, 3.8) is 0 Å². The summed E-state index contributed by atoms with van der Waals surface area (Å²) in [4.78, 5) is 13.6. The topological polar surface area (TPSA) is 67.6 Å². The highest BCUT2D eigenvalue weighted by atomic mass is 16.5. The number of nitrogens with two attached hydrogens (primary N) is 1. The number of fused-ring (bicyclic) bond motifs is 1. The Kier molecular flexibility index (Phi) is 3.42. The Hall–Kier alpha value is -1.91. The van der Waals surface area contributed by atoms with Crippen LogP contribution in [0.2, 0.25) is 0 Å². The van der Waals surface area contributed by atoms with Gasteiger partial charge in [0.25, 0.3) is 5.91 Å². The summed E-state index contributed by atoms with van der Waals surface area (Å²) < 4.78 is 5.37. The minimum atomic E-state index is -0.119. The van der Waals surface area contributed by atoms with E-state index in [1.807, 2.05) is 6.07 Å². The predicted octanol–water partition coefficient (Wildman–Crippen LogP) is 2.23. The number of nitrogens with zero attached hydrogens (tertiary/aromatic N) is 1. The van der Waals surface area contributed by atoms with Crippen LogP contribution in [0.1, 0.15) is 25.7 Å². The van der Waals surface area contributed by atoms with Crippen LogP contribution in [0.25, 0.3) is 0 Å². The fourth-order valence-corrected chi connectivity index (χ4v) is 3.14. The first-order valence-electron chi connectivity index (χ1n) is 7.21. The van der Waals surface area contributed by atoms with E-state index in [2.05, 4.69) is 17.3 Å². The molecule has 0 bridgehead atoms. The van der Waals surface area contributed by atoms with Gasteiger partial charge in [-0.15, -0.1) is 0 Å². The van der Waals surface area contributed by atoms with Gasteiger partial charge in [-0.25, -0.2) is 0 Å². The molecule has 0 unspecified atom stereocenters. The average molecular weight is 275 g/mol. The first-order chi connectivity index (χ1) is 9.63. The summed E-state index contributed by atoms with van der Waals surface area (Å²) in [6.45, 7) is 1.07. The van der Waals surface area contributed by atoms with E-state index in [0.717, 1.165) is 18.2 Å². The number of ether oxygens (including phenoxy) is 1. The normalized spacial score (nSPS) is 18.4. The second kappa shape index (κ2) is 5.23. The Morgan fingerprint density at radius 1 is 1.40 bits per heavy atom. The predicted molar refractivity (Wildman–Crippen MR) is 80.2 cm³/mol. The van der Waals surface area contributed by atoms with Crippen molar-refractivity contribution < 1.29 is 9.53 Å². The van der Waals surface area contributed by atoms with E-state index >= 15 is 0 Å². The van der Waals surface area contributed by atoms with Crippen LogP contribution in [-0.4, -0.2) is 26.1 Å². The Morgan fingerprint density at radius 3 is 2.90 bits per heavy atom. The zero-order chi connectivity index (χ0) is 14.1. The number of rotatable bonds is 3. The first kappa shape index (κ1) is 13.1. The van der Waals surface area contributed by atoms with Crippen molar-refractivity contribution in [2.75, 3.05) is 36.1 Å². The van der Waals surface area contributed by atoms with E-state index in [1.54, 1.807) is 6.07 Å². The van der Waals surface area contributed by atoms with Crippen molar-refractivity contribution in [2.24, 2.45) is 5.92 Å². The lowest BCUT2D eigenvalue weighted by Gasteiger charge is -2.27. The smallest absolute Gasteiger partial charge is 0.262 e. The SMILES string of the molecule is CN(CC1CCCC1)c1cc2c(cc1N)OCC(=O)N2. The van der Waals surface area contributed by atoms with Crippen LogP contribution in [0.15, 0.2) is 12.1 Å². The molecule has 0 spiro atoms. The third-order valence-electron chi connectivity index (χ3n) is 4.18. The average Bonchev–Trinajstić information content (AvgIpc) is 2.91. The standard InChI is InChI=1S/C15H21N3O2/c1-18(8-10-4-2-3-5-10)13-7-12-14(6-11(13)16)20-9-15(19)17-12/h6-7,10H,2-5,8-9,16H2,1H3,(H,17,19). The summed E-state index contributed by atoms with van der Waals surface area (Å²) in [6.07, 6.45) is 5.27. The van der Waals surface area contributed by atoms with Gasteiger partial charge in [-0.05, 0) is 24.8 Å². The van der Waals surface area contributed by atoms with Gasteiger partial charge in [0, 0.05) is 19.7 Å². The molecule has 1 aromatic carbocycles. The Balaban J connectivity index is 1.81. The third kappa shape index (κ3) is 2.53. The van der Waals surface area contributed by atoms with E-state index in [-0.39, 0.29) is 12.5 Å². The Bertz CT molecular complexity index is 524. The molecule has 1 aliphatic carbocycles. The van der Waals surface area contributed by atoms with Gasteiger partial charge in [-0.1, -0.05) is 12.8 Å². The maximum atomic E-state index is 11.4. The van der Waals surface area contributed by atoms with Crippen molar-refractivity contribution in [1.82, 2.24) is 0 Å². The van der Waals surface area contributed by atoms with Crippen molar-refractivity contribution >= 4 is 23.0 Å². The highest BCUT2D eigenvalue weighted by molar-refractivity contribution is 5.97. The van der Waals surface area contributed by atoms with Crippen LogP contribution in [0.4, 0.5) is 17.1 Å². The molecule has 1 heterocycles. The number of anilines is 3. The maximum absolute atomic E-state index is 11.4. The number of carbonyl (C=O) groups is 1. The van der Waals surface area contributed by atoms with E-state index in [9.17, 15) is 4.79 Å². The molecule has 1 aliphatic heterocycles. The zero-order valence-corrected chi connectivity index (χ0v) is 11.8. The number of nitrogen functional groups attached to an aromatic ring is 1. The summed E-state index contributed by atoms with van der Waals surface area (Å²) in [5.41, 5.74) is 8.49. The molecule has 1 fully saturated rings. The monoisotopic (exact) mass is 275 g/mol. The number of nitrogens with one attached hydrogen (secondary N) is 1. The lowest BCUT2D eigenvalue weighted by molar-refractivity contribution is -0.118. The lowest BCUT2D eigenvalue weighted by atomic mass is 10.1. The minimum absolute atomic E-state index is 0.0592. The lowest BCUT2D eigenvalue weighted by Crippen LogP contribution is -2.28. The molecule has 0 saturated heterocycles. The number of hydrogen-bond acceptors (Lipinski definition) is 4. The highest BCUT2D eigenvalue weighted by Gasteiger charge is 2.21. The molecule has 5 heteroatoms. The van der Waals surface area contributed by atoms with Gasteiger partial charge in [-0.2, -0.15) is 0 Å². The number of amides is 1. The number of carbonyl (C=O) groups excluding carboxylic acids is 1. The summed E-state index contributed by atoms with van der Waals surface area (Å²) in [7, 11) is 2.06. The van der Waals surface area contributed by atoms with Crippen molar-refractivity contribution in [2.45, 2.75) is 25.7 Å². The van der Waals surface area contributed by atoms with Gasteiger partial charge in [0.15, 0.2) is 6.61 Å². The summed E-state index contributed by atoms with van der Waals surface area (Å²) >= 11 is 0. The van der Waals surface area contributed by atoms with Gasteiger partial charge >= 0.3 is 0 Å². The Morgan fingerprint density at radius 2 is 2.15 bits per heavy atom. The molecule has 3 N–H and O–H groups in total. The van der Waals surface area contributed by atoms with Gasteiger partial charge in [0.2, 0.25) is 0 Å². The van der Waals surface area contributed by atoms with Gasteiger partial charge in [0.05, 0.1) is 17.1 Å². The molecule has 0 atom stereocenters. The molecule has 20 heavy (non-hydrogen) atoms. The molecule has 0 radical (unpaired) electrons. The van der Waals surface area contributed by atoms with Crippen LogP contribution in [0, 0.1) is 5.92 Å². The number of benzene rings is 1. The molecular formula is C15H21N3O2. The van der Waals surface area contributed by atoms with Crippen LogP contribution >= 0.6 is 0 Å². The van der Waals surface area contributed by atoms with Crippen molar-refractivity contribution in [3.8, 4) is 5.75 Å². The summed E-state index contributed by atoms with van der Waals surface area (Å²) in [5.74, 6) is 1.29. The quantitative estimate of drug-likeness (QED) is 0.830. The molecule has 3 rings (SSSR count). The molecule has 0 aromatic heterocycles. The van der Waals surface area contributed by atoms with E-state index in [0.29, 0.717) is 17.1 Å². The first-order valence-corrected chi connectivity index (χ1v) is 7.21. The Labute approximate surface area is 119 Å². The molecule has 1 saturated carbocycles. The van der Waals surface area contributed by atoms with Crippen LogP contribution in [-0.2, 0) is 4.79 Å². The maximum Gasteiger partial charge on any atom is 0.262 e. The summed E-state index contributed by atoms with van der Waals surface area (Å²) in [5, 5.41) is 2.83. The highest BCUT2D eigenvalue weighted by Crippen LogP contribution is 2.37. The van der Waals surface area contributed by atoms with E-state index < -0.39 is 0 Å². The molecular weight excluding hydrogens is 254 g/mol. The molecule has 1 amide bonds. The minimum Gasteiger partial charge on any atom is -0.482 e. The summed E-state index contributed by atoms with van der Waals surface area (Å²) in [6, 6.07) is 3.71. The fraction of sp³-hybridized carbons (Fsp3) is 0.533. The molecule has 2 aliphatic rings. The van der Waals surface area contributed by atoms with E-state index in [4.69, 9.17) is 10.5 Å². The fourth-order valence-electron chi connectivity index (χ4n) is 3.14. The van der Waals surface area contributed by atoms with Crippen LogP contribution < -0.4 is 20.7 Å². The van der Waals surface area contributed by atoms with Crippen molar-refractivity contribution in [3.05, 3.63) is 12.1 Å². The van der Waals surface area contributed by atoms with Gasteiger partial charge < -0.3 is 20.7 Å². The second-order valence-electron chi connectivity index (χ2n) is 5.78.